The molecule has 8 nitrogen and oxygen atoms in total. The van der Waals surface area contributed by atoms with Crippen molar-refractivity contribution in [3.05, 3.63) is 87.3 Å². The Balaban J connectivity index is 1.52. The van der Waals surface area contributed by atoms with Crippen LogP contribution in [0.5, 0.6) is 0 Å². The van der Waals surface area contributed by atoms with Crippen LogP contribution in [0.15, 0.2) is 71.2 Å². The van der Waals surface area contributed by atoms with Crippen LogP contribution < -0.4 is 5.32 Å². The van der Waals surface area contributed by atoms with E-state index >= 15 is 0 Å². The van der Waals surface area contributed by atoms with Gasteiger partial charge in [-0.25, -0.2) is 0 Å². The second-order valence-corrected chi connectivity index (χ2v) is 8.86. The Morgan fingerprint density at radius 1 is 1.16 bits per heavy atom. The van der Waals surface area contributed by atoms with Crippen LogP contribution in [0.2, 0.25) is 0 Å². The van der Waals surface area contributed by atoms with E-state index in [0.717, 1.165) is 21.8 Å². The standard InChI is InChI=1S/C22H19N5O3S2/c1-15-9-10-17(18(12-15)27(29)30)23-20(28)14-32-22-25-24-21(19-8-5-11-31-19)26(22)13-16-6-3-2-4-7-16/h2-12H,13-14H2,1H3,(H,23,28). The summed E-state index contributed by atoms with van der Waals surface area (Å²) in [7, 11) is 0. The van der Waals surface area contributed by atoms with E-state index in [1.807, 2.05) is 52.4 Å². The number of hydrogen-bond donors (Lipinski definition) is 1. The second kappa shape index (κ2) is 9.75. The molecule has 0 radical (unpaired) electrons. The third-order valence-electron chi connectivity index (χ3n) is 4.60. The number of thioether (sulfide) groups is 1. The van der Waals surface area contributed by atoms with Crippen molar-refractivity contribution in [2.75, 3.05) is 11.1 Å². The quantitative estimate of drug-likeness (QED) is 0.223. The van der Waals surface area contributed by atoms with Gasteiger partial charge in [0.15, 0.2) is 11.0 Å². The molecule has 0 aliphatic heterocycles. The number of thiophene rings is 1. The third-order valence-corrected chi connectivity index (χ3v) is 6.43. The number of nitrogens with zero attached hydrogens (tertiary/aromatic N) is 4. The first-order chi connectivity index (χ1) is 15.5. The Kier molecular flexibility index (Phi) is 6.62. The molecule has 1 amide bonds. The van der Waals surface area contributed by atoms with E-state index in [1.54, 1.807) is 30.4 Å². The van der Waals surface area contributed by atoms with E-state index in [0.29, 0.717) is 11.7 Å². The van der Waals surface area contributed by atoms with Crippen LogP contribution in [0.25, 0.3) is 10.7 Å². The van der Waals surface area contributed by atoms with Gasteiger partial charge in [0.1, 0.15) is 5.69 Å². The maximum absolute atomic E-state index is 12.5. The smallest absolute Gasteiger partial charge is 0.293 e. The number of carbonyl (C=O) groups is 1. The van der Waals surface area contributed by atoms with Crippen LogP contribution >= 0.6 is 23.1 Å². The zero-order valence-corrected chi connectivity index (χ0v) is 18.7. The molecular formula is C22H19N5O3S2. The molecule has 0 unspecified atom stereocenters. The molecule has 0 bridgehead atoms. The molecule has 32 heavy (non-hydrogen) atoms. The van der Waals surface area contributed by atoms with Crippen LogP contribution in [0.4, 0.5) is 11.4 Å². The summed E-state index contributed by atoms with van der Waals surface area (Å²) in [5, 5.41) is 25.2. The molecule has 2 heterocycles. The van der Waals surface area contributed by atoms with Crippen molar-refractivity contribution in [3.63, 3.8) is 0 Å². The van der Waals surface area contributed by atoms with Crippen molar-refractivity contribution < 1.29 is 9.72 Å². The van der Waals surface area contributed by atoms with E-state index in [2.05, 4.69) is 15.5 Å². The Labute approximate surface area is 192 Å². The number of aromatic nitrogens is 3. The number of rotatable bonds is 8. The molecule has 0 fully saturated rings. The van der Waals surface area contributed by atoms with Crippen molar-refractivity contribution in [2.24, 2.45) is 0 Å². The lowest BCUT2D eigenvalue weighted by molar-refractivity contribution is -0.384. The summed E-state index contributed by atoms with van der Waals surface area (Å²) in [5.74, 6) is 0.428. The lowest BCUT2D eigenvalue weighted by Crippen LogP contribution is -2.16. The molecule has 0 spiro atoms. The van der Waals surface area contributed by atoms with Crippen LogP contribution in [0, 0.1) is 17.0 Å². The fraction of sp³-hybridized carbons (Fsp3) is 0.136. The van der Waals surface area contributed by atoms with Crippen molar-refractivity contribution in [1.82, 2.24) is 14.8 Å². The maximum Gasteiger partial charge on any atom is 0.293 e. The summed E-state index contributed by atoms with van der Waals surface area (Å²) in [4.78, 5) is 24.3. The minimum absolute atomic E-state index is 0.0440. The second-order valence-electron chi connectivity index (χ2n) is 6.97. The molecule has 0 atom stereocenters. The molecular weight excluding hydrogens is 446 g/mol. The average Bonchev–Trinajstić information content (AvgIpc) is 3.44. The number of benzene rings is 2. The highest BCUT2D eigenvalue weighted by Crippen LogP contribution is 2.29. The Morgan fingerprint density at radius 2 is 1.97 bits per heavy atom. The fourth-order valence-electron chi connectivity index (χ4n) is 3.11. The van der Waals surface area contributed by atoms with Gasteiger partial charge in [0, 0.05) is 6.07 Å². The molecule has 2 aromatic heterocycles. The van der Waals surface area contributed by atoms with Crippen molar-refractivity contribution >= 4 is 40.4 Å². The molecule has 10 heteroatoms. The molecule has 0 saturated heterocycles. The maximum atomic E-state index is 12.5. The van der Waals surface area contributed by atoms with E-state index in [9.17, 15) is 14.9 Å². The molecule has 2 aromatic carbocycles. The summed E-state index contributed by atoms with van der Waals surface area (Å²) in [6.45, 7) is 2.33. The van der Waals surface area contributed by atoms with Gasteiger partial charge in [0.05, 0.1) is 22.1 Å². The monoisotopic (exact) mass is 465 g/mol. The zero-order chi connectivity index (χ0) is 22.5. The molecule has 162 valence electrons. The first kappa shape index (κ1) is 21.7. The van der Waals surface area contributed by atoms with Gasteiger partial charge >= 0.3 is 0 Å². The first-order valence-electron chi connectivity index (χ1n) is 9.70. The molecule has 0 saturated carbocycles. The average molecular weight is 466 g/mol. The van der Waals surface area contributed by atoms with Crippen molar-refractivity contribution in [3.8, 4) is 10.7 Å². The fourth-order valence-corrected chi connectivity index (χ4v) is 4.56. The van der Waals surface area contributed by atoms with Gasteiger partial charge in [0.2, 0.25) is 5.91 Å². The van der Waals surface area contributed by atoms with Gasteiger partial charge in [-0.15, -0.1) is 21.5 Å². The number of hydrogen-bond acceptors (Lipinski definition) is 7. The Hall–Kier alpha value is -3.50. The van der Waals surface area contributed by atoms with E-state index < -0.39 is 4.92 Å². The molecule has 1 N–H and O–H groups in total. The number of anilines is 1. The van der Waals surface area contributed by atoms with Crippen molar-refractivity contribution in [2.45, 2.75) is 18.6 Å². The van der Waals surface area contributed by atoms with Gasteiger partial charge < -0.3 is 5.32 Å². The normalized spacial score (nSPS) is 10.8. The van der Waals surface area contributed by atoms with Crippen LogP contribution in [-0.2, 0) is 11.3 Å². The zero-order valence-electron chi connectivity index (χ0n) is 17.1. The minimum atomic E-state index is -0.500. The van der Waals surface area contributed by atoms with Gasteiger partial charge in [-0.2, -0.15) is 0 Å². The summed E-state index contributed by atoms with van der Waals surface area (Å²) in [5.41, 5.74) is 1.89. The first-order valence-corrected chi connectivity index (χ1v) is 11.6. The minimum Gasteiger partial charge on any atom is -0.320 e. The number of nitrogens with one attached hydrogen (secondary N) is 1. The number of carbonyl (C=O) groups excluding carboxylic acids is 1. The van der Waals surface area contributed by atoms with Crippen molar-refractivity contribution in [1.29, 1.82) is 0 Å². The Bertz CT molecular complexity index is 1240. The van der Waals surface area contributed by atoms with Crippen LogP contribution in [-0.4, -0.2) is 31.3 Å². The summed E-state index contributed by atoms with van der Waals surface area (Å²) in [6, 6.07) is 18.6. The summed E-state index contributed by atoms with van der Waals surface area (Å²) >= 11 is 2.81. The SMILES string of the molecule is Cc1ccc(NC(=O)CSc2nnc(-c3cccs3)n2Cc2ccccc2)c([N+](=O)[O-])c1. The summed E-state index contributed by atoms with van der Waals surface area (Å²) in [6.07, 6.45) is 0. The lowest BCUT2D eigenvalue weighted by Gasteiger charge is -2.10. The predicted molar refractivity (Wildman–Crippen MR) is 126 cm³/mol. The lowest BCUT2D eigenvalue weighted by atomic mass is 10.2. The number of nitro benzene ring substituents is 1. The van der Waals surface area contributed by atoms with Gasteiger partial charge in [-0.3, -0.25) is 19.5 Å². The van der Waals surface area contributed by atoms with Gasteiger partial charge in [-0.05, 0) is 35.6 Å². The highest BCUT2D eigenvalue weighted by molar-refractivity contribution is 7.99. The highest BCUT2D eigenvalue weighted by Gasteiger charge is 2.19. The number of nitro groups is 1. The molecule has 0 aliphatic carbocycles. The predicted octanol–water partition coefficient (Wildman–Crippen LogP) is 5.00. The molecule has 0 aliphatic rings. The van der Waals surface area contributed by atoms with E-state index in [4.69, 9.17) is 0 Å². The number of aryl methyl sites for hydroxylation is 1. The molecule has 4 rings (SSSR count). The van der Waals surface area contributed by atoms with E-state index in [-0.39, 0.29) is 23.0 Å². The largest absolute Gasteiger partial charge is 0.320 e. The van der Waals surface area contributed by atoms with Crippen LogP contribution in [0.1, 0.15) is 11.1 Å². The highest BCUT2D eigenvalue weighted by atomic mass is 32.2. The number of amides is 1. The molecule has 4 aromatic rings. The third kappa shape index (κ3) is 5.04. The van der Waals surface area contributed by atoms with Gasteiger partial charge in [0.25, 0.3) is 5.69 Å². The van der Waals surface area contributed by atoms with Crippen LogP contribution in [0.3, 0.4) is 0 Å². The summed E-state index contributed by atoms with van der Waals surface area (Å²) < 4.78 is 1.98. The Morgan fingerprint density at radius 3 is 2.69 bits per heavy atom. The van der Waals surface area contributed by atoms with Gasteiger partial charge in [-0.1, -0.05) is 54.2 Å². The van der Waals surface area contributed by atoms with E-state index in [1.165, 1.54) is 17.8 Å². The topological polar surface area (TPSA) is 103 Å².